The average molecular weight is 600 g/mol. The molecule has 0 radical (unpaired) electrons. The number of fused-ring (bicyclic) bond motifs is 1. The Labute approximate surface area is 227 Å². The molecule has 1 aliphatic rings. The second-order valence-corrected chi connectivity index (χ2v) is 10.9. The monoisotopic (exact) mass is 599 g/mol. The quantitative estimate of drug-likeness (QED) is 0.387. The zero-order valence-electron chi connectivity index (χ0n) is 19.9. The Morgan fingerprint density at radius 2 is 1.95 bits per heavy atom. The number of aromatic nitrogens is 1. The fraction of sp³-hybridized carbons (Fsp3) is 0.174. The van der Waals surface area contributed by atoms with Gasteiger partial charge in [0.05, 0.1) is 52.3 Å². The third-order valence-corrected chi connectivity index (χ3v) is 8.04. The summed E-state index contributed by atoms with van der Waals surface area (Å²) >= 11 is -3.07. The van der Waals surface area contributed by atoms with E-state index < -0.39 is 69.0 Å². The Balaban J connectivity index is 1.74. The van der Waals surface area contributed by atoms with E-state index in [1.807, 2.05) is 5.32 Å². The summed E-state index contributed by atoms with van der Waals surface area (Å²) in [5.41, 5.74) is -1.60. The Kier molecular flexibility index (Phi) is 7.99. The molecule has 0 saturated heterocycles. The van der Waals surface area contributed by atoms with Gasteiger partial charge in [0.25, 0.3) is 10.0 Å². The van der Waals surface area contributed by atoms with Gasteiger partial charge >= 0.3 is 12.3 Å². The predicted molar refractivity (Wildman–Crippen MR) is 134 cm³/mol. The number of carboxylic acid groups (broad SMARTS) is 1. The minimum Gasteiger partial charge on any atom is -0.755 e. The number of sulfonamides is 1. The van der Waals surface area contributed by atoms with Gasteiger partial charge in [0.1, 0.15) is 11.9 Å². The SMILES string of the molecule is O=C(O)Nc1ccc2c(c1)N(S(=O)(=O)c1cccc(C(F)(F)F)c1)CC(CC(=O)N(c1cccnc1)S(=O)[O-])O2. The molecule has 1 aromatic heterocycles. The summed E-state index contributed by atoms with van der Waals surface area (Å²) in [6.07, 6.45) is -5.79. The first-order valence-corrected chi connectivity index (χ1v) is 13.6. The smallest absolute Gasteiger partial charge is 0.416 e. The molecule has 40 heavy (non-hydrogen) atoms. The van der Waals surface area contributed by atoms with E-state index in [0.717, 1.165) is 24.4 Å². The van der Waals surface area contributed by atoms with Crippen LogP contribution >= 0.6 is 0 Å². The van der Waals surface area contributed by atoms with Crippen molar-refractivity contribution < 1.29 is 49.8 Å². The molecule has 2 aromatic carbocycles. The first kappa shape index (κ1) is 28.8. The Hall–Kier alpha value is -4.22. The van der Waals surface area contributed by atoms with E-state index in [1.54, 1.807) is 0 Å². The fourth-order valence-electron chi connectivity index (χ4n) is 3.87. The maximum Gasteiger partial charge on any atom is 0.416 e. The number of hydrogen-bond donors (Lipinski definition) is 2. The Morgan fingerprint density at radius 3 is 2.58 bits per heavy atom. The lowest BCUT2D eigenvalue weighted by atomic mass is 10.1. The molecule has 17 heteroatoms. The summed E-state index contributed by atoms with van der Waals surface area (Å²) < 4.78 is 97.6. The van der Waals surface area contributed by atoms with Crippen LogP contribution in [0.5, 0.6) is 5.75 Å². The van der Waals surface area contributed by atoms with Crippen molar-refractivity contribution in [3.8, 4) is 5.75 Å². The molecular weight excluding hydrogens is 581 g/mol. The lowest BCUT2D eigenvalue weighted by Crippen LogP contribution is -2.46. The number of amides is 2. The van der Waals surface area contributed by atoms with Crippen molar-refractivity contribution in [2.75, 3.05) is 20.5 Å². The second-order valence-electron chi connectivity index (χ2n) is 8.23. The van der Waals surface area contributed by atoms with E-state index >= 15 is 0 Å². The number of ether oxygens (including phenoxy) is 1. The average Bonchev–Trinajstić information content (AvgIpc) is 2.88. The molecule has 1 aliphatic heterocycles. The molecule has 3 aromatic rings. The number of alkyl halides is 3. The fourth-order valence-corrected chi connectivity index (χ4v) is 5.94. The molecule has 2 heterocycles. The molecule has 0 saturated carbocycles. The van der Waals surface area contributed by atoms with Gasteiger partial charge in [0.15, 0.2) is 0 Å². The van der Waals surface area contributed by atoms with Gasteiger partial charge in [0, 0.05) is 11.9 Å². The molecule has 0 aliphatic carbocycles. The highest BCUT2D eigenvalue weighted by Crippen LogP contribution is 2.40. The molecule has 2 amide bonds. The number of pyridine rings is 1. The number of nitrogens with one attached hydrogen (secondary N) is 1. The number of halogens is 3. The van der Waals surface area contributed by atoms with Crippen molar-refractivity contribution in [3.63, 3.8) is 0 Å². The first-order valence-electron chi connectivity index (χ1n) is 11.1. The zero-order valence-corrected chi connectivity index (χ0v) is 21.6. The number of carbonyl (C=O) groups is 2. The van der Waals surface area contributed by atoms with Crippen LogP contribution in [-0.2, 0) is 32.3 Å². The van der Waals surface area contributed by atoms with Crippen LogP contribution in [0.2, 0.25) is 0 Å². The van der Waals surface area contributed by atoms with Crippen molar-refractivity contribution in [2.24, 2.45) is 0 Å². The van der Waals surface area contributed by atoms with E-state index in [9.17, 15) is 39.9 Å². The molecule has 2 atom stereocenters. The van der Waals surface area contributed by atoms with Crippen LogP contribution < -0.4 is 18.7 Å². The topological polar surface area (TPSA) is 169 Å². The van der Waals surface area contributed by atoms with Gasteiger partial charge in [-0.3, -0.25) is 23.6 Å². The van der Waals surface area contributed by atoms with Gasteiger partial charge in [-0.15, -0.1) is 0 Å². The maximum absolute atomic E-state index is 13.6. The Bertz CT molecular complexity index is 1570. The number of carbonyl (C=O) groups excluding carboxylic acids is 1. The highest BCUT2D eigenvalue weighted by molar-refractivity contribution is 7.92. The summed E-state index contributed by atoms with van der Waals surface area (Å²) in [6, 6.07) is 9.23. The molecule has 2 unspecified atom stereocenters. The van der Waals surface area contributed by atoms with Crippen molar-refractivity contribution >= 4 is 50.4 Å². The summed E-state index contributed by atoms with van der Waals surface area (Å²) in [7, 11) is -4.74. The minimum atomic E-state index is -4.84. The summed E-state index contributed by atoms with van der Waals surface area (Å²) in [5, 5.41) is 11.1. The van der Waals surface area contributed by atoms with Crippen LogP contribution in [0, 0.1) is 0 Å². The molecule has 0 fully saturated rings. The normalized spacial score (nSPS) is 15.9. The van der Waals surface area contributed by atoms with Gasteiger partial charge in [0.2, 0.25) is 5.91 Å². The lowest BCUT2D eigenvalue weighted by molar-refractivity contribution is -0.137. The molecule has 4 rings (SSSR count). The summed E-state index contributed by atoms with van der Waals surface area (Å²) in [6.45, 7) is -0.625. The third-order valence-electron chi connectivity index (χ3n) is 5.55. The van der Waals surface area contributed by atoms with Crippen molar-refractivity contribution in [2.45, 2.75) is 23.6 Å². The van der Waals surface area contributed by atoms with Crippen molar-refractivity contribution in [1.82, 2.24) is 4.98 Å². The van der Waals surface area contributed by atoms with Crippen molar-refractivity contribution in [3.05, 3.63) is 72.6 Å². The lowest BCUT2D eigenvalue weighted by Gasteiger charge is -2.36. The number of benzene rings is 2. The predicted octanol–water partition coefficient (Wildman–Crippen LogP) is 3.36. The van der Waals surface area contributed by atoms with Gasteiger partial charge in [-0.05, 0) is 48.5 Å². The molecule has 0 spiro atoms. The van der Waals surface area contributed by atoms with Crippen LogP contribution in [0.4, 0.5) is 35.0 Å². The van der Waals surface area contributed by atoms with Crippen LogP contribution in [0.3, 0.4) is 0 Å². The van der Waals surface area contributed by atoms with Gasteiger partial charge in [-0.25, -0.2) is 17.5 Å². The minimum absolute atomic E-state index is 0.0712. The van der Waals surface area contributed by atoms with Crippen LogP contribution in [0.1, 0.15) is 12.0 Å². The van der Waals surface area contributed by atoms with Crippen molar-refractivity contribution in [1.29, 1.82) is 0 Å². The summed E-state index contributed by atoms with van der Waals surface area (Å²) in [4.78, 5) is 27.1. The number of anilines is 3. The summed E-state index contributed by atoms with van der Waals surface area (Å²) in [5.74, 6) is -1.15. The van der Waals surface area contributed by atoms with E-state index in [1.165, 1.54) is 30.5 Å². The first-order chi connectivity index (χ1) is 18.8. The van der Waals surface area contributed by atoms with Crippen LogP contribution in [-0.4, -0.2) is 51.9 Å². The number of rotatable bonds is 7. The van der Waals surface area contributed by atoms with E-state index in [4.69, 9.17) is 9.84 Å². The van der Waals surface area contributed by atoms with Crippen LogP contribution in [0.15, 0.2) is 71.9 Å². The van der Waals surface area contributed by atoms with Crippen LogP contribution in [0.25, 0.3) is 0 Å². The number of nitrogens with zero attached hydrogens (tertiary/aromatic N) is 3. The molecule has 2 N–H and O–H groups in total. The molecular formula is C23H18F3N4O8S2-. The van der Waals surface area contributed by atoms with E-state index in [-0.39, 0.29) is 22.8 Å². The zero-order chi connectivity index (χ0) is 29.2. The second kappa shape index (κ2) is 11.1. The Morgan fingerprint density at radius 1 is 1.20 bits per heavy atom. The van der Waals surface area contributed by atoms with E-state index in [0.29, 0.717) is 20.7 Å². The largest absolute Gasteiger partial charge is 0.755 e. The highest BCUT2D eigenvalue weighted by atomic mass is 32.2. The van der Waals surface area contributed by atoms with E-state index in [2.05, 4.69) is 4.98 Å². The molecule has 12 nitrogen and oxygen atoms in total. The number of hydrogen-bond acceptors (Lipinski definition) is 8. The van der Waals surface area contributed by atoms with Gasteiger partial charge in [-0.2, -0.15) is 13.2 Å². The van der Waals surface area contributed by atoms with Gasteiger partial charge in [-0.1, -0.05) is 6.07 Å². The van der Waals surface area contributed by atoms with Gasteiger partial charge < -0.3 is 14.4 Å². The standard InChI is InChI=1S/C23H19F3N4O8S2/c24-23(25,26)14-3-1-5-18(9-14)40(36,37)29-13-17(38-20-7-6-15(10-19(20)29)28-22(32)33)11-21(31)30(39(34)35)16-4-2-8-27-12-16/h1-10,12,17,28H,11,13H2,(H,32,33)(H,34,35)/p-1. The third kappa shape index (κ3) is 6.16. The maximum atomic E-state index is 13.6. The molecule has 0 bridgehead atoms. The highest BCUT2D eigenvalue weighted by Gasteiger charge is 2.38. The molecule has 212 valence electrons.